The lowest BCUT2D eigenvalue weighted by atomic mass is 10.1. The number of hydrogen-bond donors (Lipinski definition) is 4. The van der Waals surface area contributed by atoms with Gasteiger partial charge in [-0.15, -0.1) is 11.6 Å². The van der Waals surface area contributed by atoms with E-state index >= 15 is 0 Å². The van der Waals surface area contributed by atoms with Crippen LogP contribution >= 0.6 is 11.6 Å². The van der Waals surface area contributed by atoms with E-state index in [1.54, 1.807) is 13.8 Å². The number of aromatic nitrogens is 4. The van der Waals surface area contributed by atoms with E-state index in [4.69, 9.17) is 16.3 Å². The molecule has 0 saturated carbocycles. The molecule has 0 aliphatic carbocycles. The third-order valence-corrected chi connectivity index (χ3v) is 4.27. The van der Waals surface area contributed by atoms with Gasteiger partial charge in [-0.1, -0.05) is 13.8 Å². The summed E-state index contributed by atoms with van der Waals surface area (Å²) in [6.07, 6.45) is -2.94. The Bertz CT molecular complexity index is 850. The molecule has 1 saturated heterocycles. The van der Waals surface area contributed by atoms with Crippen LogP contribution in [0.4, 0.5) is 5.95 Å². The maximum Gasteiger partial charge on any atom is 0.280 e. The number of carbonyl (C=O) groups is 1. The number of aliphatic hydroxyl groups excluding tert-OH is 2. The molecule has 4 unspecified atom stereocenters. The molecule has 0 spiro atoms. The molecule has 25 heavy (non-hydrogen) atoms. The van der Waals surface area contributed by atoms with Crippen LogP contribution in [0.15, 0.2) is 11.1 Å². The van der Waals surface area contributed by atoms with Gasteiger partial charge in [0.15, 0.2) is 17.4 Å². The van der Waals surface area contributed by atoms with Crippen LogP contribution in [0.5, 0.6) is 0 Å². The SMILES string of the molecule is CC(C)C(=O)Nc1nc2c(ncn2C2OC(CCl)C(O)C2O)c(=O)[nH]1. The molecule has 11 heteroatoms. The molecule has 1 fully saturated rings. The van der Waals surface area contributed by atoms with Crippen LogP contribution in [0.25, 0.3) is 11.2 Å². The molecule has 4 N–H and O–H groups in total. The Morgan fingerprint density at radius 3 is 2.80 bits per heavy atom. The van der Waals surface area contributed by atoms with E-state index in [-0.39, 0.29) is 34.8 Å². The second kappa shape index (κ2) is 6.71. The van der Waals surface area contributed by atoms with E-state index < -0.39 is 30.1 Å². The van der Waals surface area contributed by atoms with Gasteiger partial charge in [-0.3, -0.25) is 24.5 Å². The molecular weight excluding hydrogens is 354 g/mol. The lowest BCUT2D eigenvalue weighted by molar-refractivity contribution is -0.118. The number of amides is 1. The van der Waals surface area contributed by atoms with E-state index in [9.17, 15) is 19.8 Å². The van der Waals surface area contributed by atoms with Crippen molar-refractivity contribution in [3.63, 3.8) is 0 Å². The zero-order chi connectivity index (χ0) is 18.3. The lowest BCUT2D eigenvalue weighted by Crippen LogP contribution is -2.32. The van der Waals surface area contributed by atoms with Gasteiger partial charge in [0.1, 0.15) is 18.3 Å². The first-order valence-electron chi connectivity index (χ1n) is 7.68. The third kappa shape index (κ3) is 3.13. The summed E-state index contributed by atoms with van der Waals surface area (Å²) in [5, 5.41) is 22.6. The summed E-state index contributed by atoms with van der Waals surface area (Å²) < 4.78 is 6.87. The Hall–Kier alpha value is -2.01. The highest BCUT2D eigenvalue weighted by atomic mass is 35.5. The largest absolute Gasteiger partial charge is 0.387 e. The van der Waals surface area contributed by atoms with Gasteiger partial charge in [-0.2, -0.15) is 4.98 Å². The number of halogens is 1. The molecule has 0 aromatic carbocycles. The summed E-state index contributed by atoms with van der Waals surface area (Å²) >= 11 is 5.71. The molecule has 3 rings (SSSR count). The van der Waals surface area contributed by atoms with Crippen molar-refractivity contribution < 1.29 is 19.7 Å². The molecule has 10 nitrogen and oxygen atoms in total. The number of rotatable bonds is 4. The van der Waals surface area contributed by atoms with Crippen LogP contribution in [0.1, 0.15) is 20.1 Å². The monoisotopic (exact) mass is 371 g/mol. The van der Waals surface area contributed by atoms with Crippen LogP contribution < -0.4 is 10.9 Å². The Balaban J connectivity index is 2.01. The van der Waals surface area contributed by atoms with E-state index in [1.165, 1.54) is 10.9 Å². The average molecular weight is 372 g/mol. The van der Waals surface area contributed by atoms with Gasteiger partial charge in [0, 0.05) is 5.92 Å². The minimum atomic E-state index is -1.27. The third-order valence-electron chi connectivity index (χ3n) is 3.96. The first-order chi connectivity index (χ1) is 11.8. The molecule has 1 aliphatic heterocycles. The van der Waals surface area contributed by atoms with E-state index in [0.29, 0.717) is 0 Å². The number of nitrogens with one attached hydrogen (secondary N) is 2. The molecule has 2 aromatic heterocycles. The van der Waals surface area contributed by atoms with Crippen molar-refractivity contribution in [1.82, 2.24) is 19.5 Å². The van der Waals surface area contributed by atoms with Crippen LogP contribution in [0.2, 0.25) is 0 Å². The van der Waals surface area contributed by atoms with Gasteiger partial charge >= 0.3 is 0 Å². The topological polar surface area (TPSA) is 142 Å². The summed E-state index contributed by atoms with van der Waals surface area (Å²) in [5.74, 6) is -0.667. The van der Waals surface area contributed by atoms with Crippen LogP contribution in [0, 0.1) is 5.92 Å². The van der Waals surface area contributed by atoms with Gasteiger partial charge in [0.25, 0.3) is 5.56 Å². The Morgan fingerprint density at radius 2 is 2.20 bits per heavy atom. The Kier molecular flexibility index (Phi) is 4.78. The highest BCUT2D eigenvalue weighted by Gasteiger charge is 2.43. The smallest absolute Gasteiger partial charge is 0.280 e. The van der Waals surface area contributed by atoms with E-state index in [1.807, 2.05) is 0 Å². The first-order valence-corrected chi connectivity index (χ1v) is 8.22. The van der Waals surface area contributed by atoms with Crippen molar-refractivity contribution in [2.75, 3.05) is 11.2 Å². The van der Waals surface area contributed by atoms with Gasteiger partial charge in [-0.05, 0) is 0 Å². The Morgan fingerprint density at radius 1 is 1.48 bits per heavy atom. The summed E-state index contributed by atoms with van der Waals surface area (Å²) in [6, 6.07) is 0. The quantitative estimate of drug-likeness (QED) is 0.534. The second-order valence-corrected chi connectivity index (χ2v) is 6.39. The summed E-state index contributed by atoms with van der Waals surface area (Å²) in [7, 11) is 0. The van der Waals surface area contributed by atoms with Crippen molar-refractivity contribution in [2.45, 2.75) is 38.4 Å². The zero-order valence-corrected chi connectivity index (χ0v) is 14.3. The highest BCUT2D eigenvalue weighted by molar-refractivity contribution is 6.18. The van der Waals surface area contributed by atoms with Gasteiger partial charge in [0.2, 0.25) is 11.9 Å². The number of aromatic amines is 1. The Labute approximate surface area is 146 Å². The summed E-state index contributed by atoms with van der Waals surface area (Å²) in [6.45, 7) is 3.40. The van der Waals surface area contributed by atoms with Crippen LogP contribution in [0.3, 0.4) is 0 Å². The molecule has 3 heterocycles. The maximum atomic E-state index is 12.1. The van der Waals surface area contributed by atoms with Gasteiger partial charge < -0.3 is 14.9 Å². The number of imidazole rings is 1. The molecule has 1 aliphatic rings. The number of H-pyrrole nitrogens is 1. The standard InChI is InChI=1S/C14H18ClN5O5/c1-5(2)11(23)18-14-17-10-7(12(24)19-14)16-4-20(10)13-9(22)8(21)6(3-15)25-13/h4-6,8-9,13,21-22H,3H2,1-2H3,(H2,17,18,19,23,24). The van der Waals surface area contributed by atoms with Crippen molar-refractivity contribution in [2.24, 2.45) is 5.92 Å². The lowest BCUT2D eigenvalue weighted by Gasteiger charge is -2.16. The summed E-state index contributed by atoms with van der Waals surface area (Å²) in [5.41, 5.74) is -0.429. The van der Waals surface area contributed by atoms with Crippen molar-refractivity contribution in [3.05, 3.63) is 16.7 Å². The number of ether oxygens (including phenoxy) is 1. The number of carbonyl (C=O) groups excluding carboxylic acids is 1. The van der Waals surface area contributed by atoms with Gasteiger partial charge in [-0.25, -0.2) is 4.98 Å². The van der Waals surface area contributed by atoms with E-state index in [0.717, 1.165) is 0 Å². The van der Waals surface area contributed by atoms with E-state index in [2.05, 4.69) is 20.3 Å². The molecule has 136 valence electrons. The fourth-order valence-corrected chi connectivity index (χ4v) is 2.77. The predicted octanol–water partition coefficient (Wildman–Crippen LogP) is -0.428. The zero-order valence-electron chi connectivity index (χ0n) is 13.5. The molecular formula is C14H18ClN5O5. The van der Waals surface area contributed by atoms with Crippen molar-refractivity contribution in [1.29, 1.82) is 0 Å². The fourth-order valence-electron chi connectivity index (χ4n) is 2.52. The van der Waals surface area contributed by atoms with Gasteiger partial charge in [0.05, 0.1) is 12.2 Å². The number of hydrogen-bond acceptors (Lipinski definition) is 7. The predicted molar refractivity (Wildman–Crippen MR) is 88.3 cm³/mol. The number of aliphatic hydroxyl groups is 2. The van der Waals surface area contributed by atoms with Crippen molar-refractivity contribution >= 4 is 34.6 Å². The first kappa shape index (κ1) is 17.8. The molecule has 4 atom stereocenters. The molecule has 0 radical (unpaired) electrons. The van der Waals surface area contributed by atoms with Crippen LogP contribution in [-0.4, -0.2) is 59.8 Å². The number of alkyl halides is 1. The number of nitrogens with zero attached hydrogens (tertiary/aromatic N) is 3. The maximum absolute atomic E-state index is 12.1. The fraction of sp³-hybridized carbons (Fsp3) is 0.571. The molecule has 2 aromatic rings. The summed E-state index contributed by atoms with van der Waals surface area (Å²) in [4.78, 5) is 34.5. The molecule has 0 bridgehead atoms. The minimum absolute atomic E-state index is 0.00887. The number of anilines is 1. The molecule has 1 amide bonds. The normalized spacial score (nSPS) is 26.5. The van der Waals surface area contributed by atoms with Crippen LogP contribution in [-0.2, 0) is 9.53 Å². The second-order valence-electron chi connectivity index (χ2n) is 6.08. The minimum Gasteiger partial charge on any atom is -0.387 e. The average Bonchev–Trinajstić information content (AvgIpc) is 3.10. The number of fused-ring (bicyclic) bond motifs is 1. The van der Waals surface area contributed by atoms with Crippen molar-refractivity contribution in [3.8, 4) is 0 Å². The highest BCUT2D eigenvalue weighted by Crippen LogP contribution is 2.31.